The lowest BCUT2D eigenvalue weighted by atomic mass is 10.1. The van der Waals surface area contributed by atoms with Crippen molar-refractivity contribution in [2.45, 2.75) is 26.2 Å². The molecular weight excluding hydrogens is 342 g/mol. The van der Waals surface area contributed by atoms with Gasteiger partial charge in [0.15, 0.2) is 0 Å². The molecule has 7 heteroatoms. The second-order valence-corrected chi connectivity index (χ2v) is 5.66. The maximum absolute atomic E-state index is 12.1. The van der Waals surface area contributed by atoms with E-state index in [0.29, 0.717) is 18.1 Å². The van der Waals surface area contributed by atoms with Crippen LogP contribution < -0.4 is 15.8 Å². The minimum atomic E-state index is -0.315. The Bertz CT molecular complexity index is 702. The van der Waals surface area contributed by atoms with E-state index in [-0.39, 0.29) is 29.6 Å². The predicted octanol–water partition coefficient (Wildman–Crippen LogP) is 2.86. The summed E-state index contributed by atoms with van der Waals surface area (Å²) >= 11 is 0. The molecule has 0 aliphatic rings. The number of aryl methyl sites for hydroxylation is 2. The molecule has 2 aromatic rings. The van der Waals surface area contributed by atoms with E-state index in [2.05, 4.69) is 10.3 Å². The molecule has 25 heavy (non-hydrogen) atoms. The molecule has 0 aliphatic carbocycles. The van der Waals surface area contributed by atoms with E-state index in [1.807, 2.05) is 19.1 Å². The van der Waals surface area contributed by atoms with Crippen molar-refractivity contribution in [3.05, 3.63) is 47.2 Å². The fourth-order valence-corrected chi connectivity index (χ4v) is 2.45. The topological polar surface area (TPSA) is 97.5 Å². The van der Waals surface area contributed by atoms with Crippen LogP contribution in [0.5, 0.6) is 11.5 Å². The van der Waals surface area contributed by atoms with Gasteiger partial charge in [-0.2, -0.15) is 0 Å². The highest BCUT2D eigenvalue weighted by molar-refractivity contribution is 5.97. The zero-order valence-corrected chi connectivity index (χ0v) is 15.2. The number of carbonyl (C=O) groups excluding carboxylic acids is 1. The van der Waals surface area contributed by atoms with Crippen LogP contribution in [-0.2, 0) is 6.42 Å². The molecule has 1 amide bonds. The first-order valence-corrected chi connectivity index (χ1v) is 7.88. The molecule has 136 valence electrons. The van der Waals surface area contributed by atoms with E-state index >= 15 is 0 Å². The number of pyridine rings is 1. The van der Waals surface area contributed by atoms with Crippen LogP contribution in [-0.4, -0.2) is 29.7 Å². The van der Waals surface area contributed by atoms with Crippen molar-refractivity contribution in [3.63, 3.8) is 0 Å². The molecule has 1 aromatic carbocycles. The minimum absolute atomic E-state index is 0. The maximum atomic E-state index is 12.1. The van der Waals surface area contributed by atoms with Crippen molar-refractivity contribution in [3.8, 4) is 11.5 Å². The molecule has 1 heterocycles. The van der Waals surface area contributed by atoms with Crippen LogP contribution in [0, 0.1) is 6.92 Å². The van der Waals surface area contributed by atoms with Crippen molar-refractivity contribution in [1.29, 1.82) is 0 Å². The molecule has 0 spiro atoms. The number of benzene rings is 1. The number of nitrogens with zero attached hydrogens (tertiary/aromatic N) is 1. The Hall–Kier alpha value is -2.47. The van der Waals surface area contributed by atoms with Crippen molar-refractivity contribution in [2.24, 2.45) is 0 Å². The van der Waals surface area contributed by atoms with Crippen molar-refractivity contribution >= 4 is 24.1 Å². The third-order valence-corrected chi connectivity index (χ3v) is 3.64. The van der Waals surface area contributed by atoms with Gasteiger partial charge < -0.3 is 20.9 Å². The number of nitrogens with two attached hydrogens (primary N) is 1. The van der Waals surface area contributed by atoms with E-state index in [1.165, 1.54) is 19.2 Å². The molecule has 0 aliphatic heterocycles. The van der Waals surface area contributed by atoms with Gasteiger partial charge in [0.1, 0.15) is 17.3 Å². The first-order chi connectivity index (χ1) is 11.5. The summed E-state index contributed by atoms with van der Waals surface area (Å²) in [7, 11) is 1.51. The highest BCUT2D eigenvalue weighted by atomic mass is 35.5. The largest absolute Gasteiger partial charge is 0.507 e. The first-order valence-electron chi connectivity index (χ1n) is 7.88. The highest BCUT2D eigenvalue weighted by Gasteiger charge is 2.11. The van der Waals surface area contributed by atoms with E-state index in [9.17, 15) is 9.90 Å². The number of rotatable bonds is 7. The highest BCUT2D eigenvalue weighted by Crippen LogP contribution is 2.22. The Kier molecular flexibility index (Phi) is 8.01. The summed E-state index contributed by atoms with van der Waals surface area (Å²) in [5.41, 5.74) is 8.00. The van der Waals surface area contributed by atoms with Gasteiger partial charge in [0.05, 0.1) is 12.7 Å². The van der Waals surface area contributed by atoms with Crippen LogP contribution in [0.4, 0.5) is 5.82 Å². The van der Waals surface area contributed by atoms with Gasteiger partial charge in [0.25, 0.3) is 5.91 Å². The van der Waals surface area contributed by atoms with Gasteiger partial charge >= 0.3 is 0 Å². The Morgan fingerprint density at radius 2 is 2.04 bits per heavy atom. The normalized spacial score (nSPS) is 10.0. The number of hydrogen-bond donors (Lipinski definition) is 3. The fourth-order valence-electron chi connectivity index (χ4n) is 2.45. The van der Waals surface area contributed by atoms with Gasteiger partial charge in [-0.25, -0.2) is 4.98 Å². The molecule has 6 nitrogen and oxygen atoms in total. The van der Waals surface area contributed by atoms with Crippen LogP contribution >= 0.6 is 12.4 Å². The molecule has 2 rings (SSSR count). The van der Waals surface area contributed by atoms with Crippen LogP contribution in [0.1, 0.15) is 34.5 Å². The van der Waals surface area contributed by atoms with E-state index in [0.717, 1.165) is 30.5 Å². The number of hydrogen-bond acceptors (Lipinski definition) is 5. The van der Waals surface area contributed by atoms with Crippen molar-refractivity contribution in [1.82, 2.24) is 10.3 Å². The lowest BCUT2D eigenvalue weighted by Crippen LogP contribution is -2.24. The summed E-state index contributed by atoms with van der Waals surface area (Å²) in [5, 5.41) is 12.6. The van der Waals surface area contributed by atoms with Gasteiger partial charge in [0, 0.05) is 12.2 Å². The average molecular weight is 366 g/mol. The molecule has 0 saturated carbocycles. The van der Waals surface area contributed by atoms with Crippen LogP contribution in [0.15, 0.2) is 30.3 Å². The average Bonchev–Trinajstić information content (AvgIpc) is 2.54. The molecule has 0 atom stereocenters. The molecule has 0 fully saturated rings. The predicted molar refractivity (Wildman–Crippen MR) is 101 cm³/mol. The summed E-state index contributed by atoms with van der Waals surface area (Å²) in [6.45, 7) is 2.51. The number of anilines is 1. The number of methoxy groups -OCH3 is 1. The SMILES string of the molecule is COc1ccc(O)c(C(=O)NCCCCc2cc(C)cc(N)n2)c1.Cl. The second kappa shape index (κ2) is 9.74. The van der Waals surface area contributed by atoms with Crippen LogP contribution in [0.25, 0.3) is 0 Å². The number of ether oxygens (including phenoxy) is 1. The quantitative estimate of drug-likeness (QED) is 0.655. The first kappa shape index (κ1) is 20.6. The third kappa shape index (κ3) is 6.15. The molecule has 0 unspecified atom stereocenters. The van der Waals surface area contributed by atoms with Crippen LogP contribution in [0.3, 0.4) is 0 Å². The van der Waals surface area contributed by atoms with Gasteiger partial charge in [-0.15, -0.1) is 12.4 Å². The third-order valence-electron chi connectivity index (χ3n) is 3.64. The van der Waals surface area contributed by atoms with Crippen molar-refractivity contribution in [2.75, 3.05) is 19.4 Å². The number of aromatic nitrogens is 1. The Morgan fingerprint density at radius 3 is 2.72 bits per heavy atom. The molecule has 1 aromatic heterocycles. The molecule has 0 saturated heterocycles. The number of phenolic OH excluding ortho intramolecular Hbond substituents is 1. The summed E-state index contributed by atoms with van der Waals surface area (Å²) in [6, 6.07) is 8.42. The summed E-state index contributed by atoms with van der Waals surface area (Å²) in [4.78, 5) is 16.4. The lowest BCUT2D eigenvalue weighted by Gasteiger charge is -2.09. The maximum Gasteiger partial charge on any atom is 0.255 e. The standard InChI is InChI=1S/C18H23N3O3.ClH/c1-12-9-13(21-17(19)10-12)5-3-4-8-20-18(23)15-11-14(24-2)6-7-16(15)22;/h6-7,9-11,22H,3-5,8H2,1-2H3,(H2,19,21)(H,20,23);1H. The summed E-state index contributed by atoms with van der Waals surface area (Å²) in [5.74, 6) is 0.685. The Morgan fingerprint density at radius 1 is 1.28 bits per heavy atom. The number of unbranched alkanes of at least 4 members (excludes halogenated alkanes) is 1. The second-order valence-electron chi connectivity index (χ2n) is 5.66. The van der Waals surface area contributed by atoms with Gasteiger partial charge in [0.2, 0.25) is 0 Å². The number of aromatic hydroxyl groups is 1. The smallest absolute Gasteiger partial charge is 0.255 e. The lowest BCUT2D eigenvalue weighted by molar-refractivity contribution is 0.0950. The monoisotopic (exact) mass is 365 g/mol. The molecule has 4 N–H and O–H groups in total. The van der Waals surface area contributed by atoms with Gasteiger partial charge in [-0.05, 0) is 62.1 Å². The summed E-state index contributed by atoms with van der Waals surface area (Å²) in [6.07, 6.45) is 2.51. The number of carbonyl (C=O) groups is 1. The molecule has 0 radical (unpaired) electrons. The zero-order chi connectivity index (χ0) is 17.5. The number of amides is 1. The van der Waals surface area contributed by atoms with E-state index in [4.69, 9.17) is 10.5 Å². The van der Waals surface area contributed by atoms with Crippen LogP contribution in [0.2, 0.25) is 0 Å². The molecular formula is C18H24ClN3O3. The zero-order valence-electron chi connectivity index (χ0n) is 14.4. The van der Waals surface area contributed by atoms with E-state index < -0.39 is 0 Å². The Labute approximate surface area is 153 Å². The van der Waals surface area contributed by atoms with E-state index in [1.54, 1.807) is 6.07 Å². The Balaban J connectivity index is 0.00000312. The summed E-state index contributed by atoms with van der Waals surface area (Å²) < 4.78 is 5.06. The van der Waals surface area contributed by atoms with Gasteiger partial charge in [-0.1, -0.05) is 0 Å². The van der Waals surface area contributed by atoms with Crippen molar-refractivity contribution < 1.29 is 14.6 Å². The van der Waals surface area contributed by atoms with Gasteiger partial charge in [-0.3, -0.25) is 4.79 Å². The molecule has 0 bridgehead atoms. The fraction of sp³-hybridized carbons (Fsp3) is 0.333. The number of nitrogens with one attached hydrogen (secondary N) is 1. The number of nitrogen functional groups attached to an aromatic ring is 1. The number of halogens is 1. The number of phenols is 1. The minimum Gasteiger partial charge on any atom is -0.507 e.